The Morgan fingerprint density at radius 1 is 1.55 bits per heavy atom. The summed E-state index contributed by atoms with van der Waals surface area (Å²) in [6, 6.07) is -0.368. The van der Waals surface area contributed by atoms with E-state index in [9.17, 15) is 9.18 Å². The fourth-order valence-electron chi connectivity index (χ4n) is 2.43. The number of carbonyl (C=O) groups is 1. The third kappa shape index (κ3) is 2.97. The van der Waals surface area contributed by atoms with Crippen molar-refractivity contribution in [1.82, 2.24) is 15.3 Å². The minimum absolute atomic E-state index is 0.104. The summed E-state index contributed by atoms with van der Waals surface area (Å²) in [6.45, 7) is 3.20. The Bertz CT molecular complexity index is 482. The van der Waals surface area contributed by atoms with Gasteiger partial charge in [-0.3, -0.25) is 4.79 Å². The number of hydrogen-bond donors (Lipinski definition) is 2. The lowest BCUT2D eigenvalue weighted by molar-refractivity contribution is -0.122. The van der Waals surface area contributed by atoms with E-state index in [1.54, 1.807) is 11.9 Å². The van der Waals surface area contributed by atoms with Gasteiger partial charge in [0, 0.05) is 20.1 Å². The van der Waals surface area contributed by atoms with Crippen LogP contribution < -0.4 is 15.5 Å². The lowest BCUT2D eigenvalue weighted by atomic mass is 10.0. The highest BCUT2D eigenvalue weighted by Gasteiger charge is 2.31. The van der Waals surface area contributed by atoms with Crippen molar-refractivity contribution in [2.75, 3.05) is 30.4 Å². The van der Waals surface area contributed by atoms with Gasteiger partial charge in [-0.1, -0.05) is 0 Å². The molecule has 0 radical (unpaired) electrons. The monoisotopic (exact) mass is 281 g/mol. The van der Waals surface area contributed by atoms with Crippen molar-refractivity contribution in [1.29, 1.82) is 0 Å². The lowest BCUT2D eigenvalue weighted by Gasteiger charge is -2.35. The molecule has 2 N–H and O–H groups in total. The summed E-state index contributed by atoms with van der Waals surface area (Å²) in [6.07, 6.45) is 3.74. The summed E-state index contributed by atoms with van der Waals surface area (Å²) in [5, 5.41) is 5.59. The van der Waals surface area contributed by atoms with Crippen LogP contribution in [0.3, 0.4) is 0 Å². The van der Waals surface area contributed by atoms with Crippen LogP contribution in [0, 0.1) is 5.82 Å². The Kier molecular flexibility index (Phi) is 4.70. The first-order valence-corrected chi connectivity index (χ1v) is 6.92. The van der Waals surface area contributed by atoms with Crippen LogP contribution in [0.25, 0.3) is 0 Å². The molecule has 0 aromatic carbocycles. The topological polar surface area (TPSA) is 70.2 Å². The smallest absolute Gasteiger partial charge is 0.242 e. The van der Waals surface area contributed by atoms with E-state index in [2.05, 4.69) is 20.6 Å². The SMILES string of the molecule is CCNc1ncc(F)c(N2CCCCC2C(=O)NC)n1. The molecule has 20 heavy (non-hydrogen) atoms. The molecule has 1 unspecified atom stereocenters. The van der Waals surface area contributed by atoms with Gasteiger partial charge in [0.05, 0.1) is 6.20 Å². The number of halogens is 1. The normalized spacial score (nSPS) is 18.8. The van der Waals surface area contributed by atoms with Gasteiger partial charge in [-0.05, 0) is 26.2 Å². The van der Waals surface area contributed by atoms with E-state index in [4.69, 9.17) is 0 Å². The minimum Gasteiger partial charge on any atom is -0.357 e. The van der Waals surface area contributed by atoms with E-state index < -0.39 is 5.82 Å². The van der Waals surface area contributed by atoms with Gasteiger partial charge in [0.15, 0.2) is 11.6 Å². The van der Waals surface area contributed by atoms with E-state index in [-0.39, 0.29) is 17.8 Å². The number of hydrogen-bond acceptors (Lipinski definition) is 5. The first kappa shape index (κ1) is 14.5. The van der Waals surface area contributed by atoms with Crippen LogP contribution in [-0.4, -0.2) is 42.1 Å². The summed E-state index contributed by atoms with van der Waals surface area (Å²) in [7, 11) is 1.59. The van der Waals surface area contributed by atoms with Crippen molar-refractivity contribution in [2.24, 2.45) is 0 Å². The molecule has 1 atom stereocenters. The summed E-state index contributed by atoms with van der Waals surface area (Å²) in [4.78, 5) is 21.8. The minimum atomic E-state index is -0.498. The third-order valence-corrected chi connectivity index (χ3v) is 3.38. The predicted molar refractivity (Wildman–Crippen MR) is 75.2 cm³/mol. The van der Waals surface area contributed by atoms with Crippen LogP contribution in [0.1, 0.15) is 26.2 Å². The molecule has 1 saturated heterocycles. The highest BCUT2D eigenvalue weighted by atomic mass is 19.1. The van der Waals surface area contributed by atoms with Crippen LogP contribution in [0.15, 0.2) is 6.20 Å². The van der Waals surface area contributed by atoms with Gasteiger partial charge in [-0.25, -0.2) is 9.37 Å². The molecule has 6 nitrogen and oxygen atoms in total. The molecule has 1 fully saturated rings. The number of aromatic nitrogens is 2. The molecule has 1 aliphatic rings. The molecule has 0 spiro atoms. The first-order chi connectivity index (χ1) is 9.67. The quantitative estimate of drug-likeness (QED) is 0.866. The van der Waals surface area contributed by atoms with Gasteiger partial charge >= 0.3 is 0 Å². The van der Waals surface area contributed by atoms with E-state index in [0.717, 1.165) is 19.0 Å². The van der Waals surface area contributed by atoms with E-state index in [0.29, 0.717) is 25.5 Å². The molecule has 0 aliphatic carbocycles. The van der Waals surface area contributed by atoms with E-state index in [1.807, 2.05) is 6.92 Å². The van der Waals surface area contributed by atoms with Crippen LogP contribution in [0.4, 0.5) is 16.2 Å². The second-order valence-corrected chi connectivity index (χ2v) is 4.71. The van der Waals surface area contributed by atoms with Crippen molar-refractivity contribution in [3.63, 3.8) is 0 Å². The number of amides is 1. The predicted octanol–water partition coefficient (Wildman–Crippen LogP) is 1.15. The van der Waals surface area contributed by atoms with E-state index in [1.165, 1.54) is 0 Å². The molecule has 1 amide bonds. The largest absolute Gasteiger partial charge is 0.357 e. The number of anilines is 2. The van der Waals surface area contributed by atoms with Crippen LogP contribution in [0.2, 0.25) is 0 Å². The van der Waals surface area contributed by atoms with Crippen molar-refractivity contribution in [3.8, 4) is 0 Å². The standard InChI is InChI=1S/C13H20FN5O/c1-3-16-13-17-8-9(14)11(18-13)19-7-5-4-6-10(19)12(20)15-2/h8,10H,3-7H2,1-2H3,(H,15,20)(H,16,17,18). The Morgan fingerprint density at radius 2 is 2.35 bits per heavy atom. The summed E-state index contributed by atoms with van der Waals surface area (Å²) < 4.78 is 14.0. The van der Waals surface area contributed by atoms with Crippen molar-refractivity contribution >= 4 is 17.7 Å². The van der Waals surface area contributed by atoms with Gasteiger partial charge in [0.1, 0.15) is 6.04 Å². The zero-order valence-corrected chi connectivity index (χ0v) is 11.8. The molecule has 2 heterocycles. The average molecular weight is 281 g/mol. The second kappa shape index (κ2) is 6.49. The number of likely N-dealkylation sites (N-methyl/N-ethyl adjacent to an activating group) is 1. The van der Waals surface area contributed by atoms with Gasteiger partial charge in [0.25, 0.3) is 0 Å². The number of nitrogens with zero attached hydrogens (tertiary/aromatic N) is 3. The molecule has 110 valence electrons. The summed E-state index contributed by atoms with van der Waals surface area (Å²) >= 11 is 0. The Balaban J connectivity index is 2.31. The maximum atomic E-state index is 14.0. The molecule has 1 aromatic rings. The van der Waals surface area contributed by atoms with Gasteiger partial charge in [-0.2, -0.15) is 4.98 Å². The molecule has 1 aliphatic heterocycles. The van der Waals surface area contributed by atoms with Crippen LogP contribution in [0.5, 0.6) is 0 Å². The lowest BCUT2D eigenvalue weighted by Crippen LogP contribution is -2.49. The van der Waals surface area contributed by atoms with Crippen molar-refractivity contribution < 1.29 is 9.18 Å². The molecule has 0 bridgehead atoms. The zero-order chi connectivity index (χ0) is 14.5. The highest BCUT2D eigenvalue weighted by molar-refractivity contribution is 5.85. The number of nitrogens with one attached hydrogen (secondary N) is 2. The highest BCUT2D eigenvalue weighted by Crippen LogP contribution is 2.26. The number of rotatable bonds is 4. The first-order valence-electron chi connectivity index (χ1n) is 6.92. The fraction of sp³-hybridized carbons (Fsp3) is 0.615. The third-order valence-electron chi connectivity index (χ3n) is 3.38. The van der Waals surface area contributed by atoms with Gasteiger partial charge in [0.2, 0.25) is 11.9 Å². The average Bonchev–Trinajstić information content (AvgIpc) is 2.49. The Morgan fingerprint density at radius 3 is 3.05 bits per heavy atom. The van der Waals surface area contributed by atoms with Gasteiger partial charge in [-0.15, -0.1) is 0 Å². The zero-order valence-electron chi connectivity index (χ0n) is 11.8. The molecule has 1 aromatic heterocycles. The second-order valence-electron chi connectivity index (χ2n) is 4.71. The maximum Gasteiger partial charge on any atom is 0.242 e. The molecular formula is C13H20FN5O. The summed E-state index contributed by atoms with van der Waals surface area (Å²) in [5.41, 5.74) is 0. The number of carbonyl (C=O) groups excluding carboxylic acids is 1. The number of piperidine rings is 1. The Labute approximate surface area is 117 Å². The molecule has 2 rings (SSSR count). The van der Waals surface area contributed by atoms with Gasteiger partial charge < -0.3 is 15.5 Å². The molecular weight excluding hydrogens is 261 g/mol. The fourth-order valence-corrected chi connectivity index (χ4v) is 2.43. The summed E-state index contributed by atoms with van der Waals surface area (Å²) in [5.74, 6) is -0.0236. The molecule has 7 heteroatoms. The Hall–Kier alpha value is -1.92. The molecule has 0 saturated carbocycles. The van der Waals surface area contributed by atoms with E-state index >= 15 is 0 Å². The van der Waals surface area contributed by atoms with Crippen LogP contribution in [-0.2, 0) is 4.79 Å². The van der Waals surface area contributed by atoms with Crippen molar-refractivity contribution in [3.05, 3.63) is 12.0 Å². The maximum absolute atomic E-state index is 14.0. The van der Waals surface area contributed by atoms with Crippen molar-refractivity contribution in [2.45, 2.75) is 32.2 Å². The van der Waals surface area contributed by atoms with Crippen LogP contribution >= 0.6 is 0 Å².